The topological polar surface area (TPSA) is 119 Å². The van der Waals surface area contributed by atoms with Crippen LogP contribution in [-0.4, -0.2) is 57.4 Å². The van der Waals surface area contributed by atoms with E-state index in [0.717, 1.165) is 32.1 Å². The third-order valence-electron chi connectivity index (χ3n) is 6.62. The number of carboxylic acids is 1. The van der Waals surface area contributed by atoms with Crippen molar-refractivity contribution in [3.63, 3.8) is 0 Å². The van der Waals surface area contributed by atoms with Crippen LogP contribution in [0.3, 0.4) is 0 Å². The number of carbonyl (C=O) groups is 3. The lowest BCUT2D eigenvalue weighted by Gasteiger charge is -2.44. The lowest BCUT2D eigenvalue weighted by molar-refractivity contribution is -0.160. The average molecular weight is 499 g/mol. The van der Waals surface area contributed by atoms with Crippen LogP contribution in [-0.2, 0) is 19.1 Å². The van der Waals surface area contributed by atoms with Crippen LogP contribution >= 0.6 is 0 Å². The van der Waals surface area contributed by atoms with Crippen LogP contribution in [0, 0.1) is 5.92 Å². The fourth-order valence-electron chi connectivity index (χ4n) is 4.74. The number of carboxylic acid groups (broad SMARTS) is 1. The van der Waals surface area contributed by atoms with Gasteiger partial charge >= 0.3 is 18.0 Å². The molecule has 8 heteroatoms. The van der Waals surface area contributed by atoms with E-state index in [0.29, 0.717) is 6.04 Å². The van der Waals surface area contributed by atoms with Crippen LogP contribution < -0.4 is 5.73 Å². The van der Waals surface area contributed by atoms with E-state index in [9.17, 15) is 19.5 Å². The Bertz CT molecular complexity index is 685. The van der Waals surface area contributed by atoms with Crippen molar-refractivity contribution < 1.29 is 29.0 Å². The van der Waals surface area contributed by atoms with Crippen molar-refractivity contribution in [1.82, 2.24) is 4.90 Å². The fraction of sp³-hybridized carbons (Fsp3) is 0.889. The molecule has 2 saturated carbocycles. The maximum atomic E-state index is 12.9. The smallest absolute Gasteiger partial charge is 0.411 e. The van der Waals surface area contributed by atoms with Crippen LogP contribution in [0.1, 0.15) is 119 Å². The molecule has 0 spiro atoms. The molecule has 2 aliphatic rings. The van der Waals surface area contributed by atoms with Gasteiger partial charge in [0.25, 0.3) is 0 Å². The van der Waals surface area contributed by atoms with Gasteiger partial charge in [-0.1, -0.05) is 38.5 Å². The van der Waals surface area contributed by atoms with Gasteiger partial charge in [0.15, 0.2) is 0 Å². The second-order valence-corrected chi connectivity index (χ2v) is 12.2. The molecule has 0 aliphatic heterocycles. The third-order valence-corrected chi connectivity index (χ3v) is 6.62. The molecule has 0 radical (unpaired) electrons. The van der Waals surface area contributed by atoms with Crippen molar-refractivity contribution in [1.29, 1.82) is 0 Å². The van der Waals surface area contributed by atoms with E-state index >= 15 is 0 Å². The molecule has 3 N–H and O–H groups in total. The van der Waals surface area contributed by atoms with Crippen molar-refractivity contribution in [2.75, 3.05) is 6.54 Å². The maximum Gasteiger partial charge on any atom is 0.411 e. The van der Waals surface area contributed by atoms with E-state index in [2.05, 4.69) is 0 Å². The Labute approximate surface area is 212 Å². The van der Waals surface area contributed by atoms with Gasteiger partial charge in [0, 0.05) is 12.6 Å². The Hall–Kier alpha value is -1.83. The first-order chi connectivity index (χ1) is 16.1. The number of hydrogen-bond acceptors (Lipinski definition) is 6. The number of hydrogen-bond donors (Lipinski definition) is 2. The third kappa shape index (κ3) is 11.2. The normalized spacial score (nSPS) is 19.5. The van der Waals surface area contributed by atoms with Gasteiger partial charge in [0.2, 0.25) is 0 Å². The molecule has 2 aliphatic carbocycles. The number of nitrogens with two attached hydrogens (primary N) is 1. The van der Waals surface area contributed by atoms with Gasteiger partial charge in [-0.15, -0.1) is 0 Å². The van der Waals surface area contributed by atoms with Gasteiger partial charge in [-0.25, -0.2) is 9.59 Å². The molecule has 0 unspecified atom stereocenters. The average Bonchev–Trinajstić information content (AvgIpc) is 2.72. The van der Waals surface area contributed by atoms with Gasteiger partial charge in [-0.3, -0.25) is 9.69 Å². The molecule has 0 aromatic heterocycles. The molecule has 0 bridgehead atoms. The number of aliphatic carboxylic acids is 1. The lowest BCUT2D eigenvalue weighted by Crippen LogP contribution is -2.61. The van der Waals surface area contributed by atoms with E-state index in [-0.39, 0.29) is 18.9 Å². The Morgan fingerprint density at radius 3 is 1.63 bits per heavy atom. The lowest BCUT2D eigenvalue weighted by atomic mass is 9.74. The molecule has 2 rings (SSSR count). The first-order valence-corrected chi connectivity index (χ1v) is 13.3. The predicted molar refractivity (Wildman–Crippen MR) is 137 cm³/mol. The summed E-state index contributed by atoms with van der Waals surface area (Å²) in [4.78, 5) is 38.7. The molecule has 35 heavy (non-hydrogen) atoms. The highest BCUT2D eigenvalue weighted by atomic mass is 16.6. The molecule has 0 heterocycles. The standard InChI is InChI=1S/C21H37NO6.C6H13N/c1-19(2,3)27-16(23)13-14-22(18(26)28-20(4,5)6)21(7,17(24)25)15-11-9-8-10-12-15;7-6-4-2-1-3-5-6/h15H,8-14H2,1-7H3,(H,24,25);6H,1-5,7H2/t21-;/m1./s1. The molecule has 8 nitrogen and oxygen atoms in total. The zero-order valence-electron chi connectivity index (χ0n) is 23.2. The summed E-state index contributed by atoms with van der Waals surface area (Å²) in [7, 11) is 0. The van der Waals surface area contributed by atoms with Crippen LogP contribution in [0.4, 0.5) is 4.79 Å². The fourth-order valence-corrected chi connectivity index (χ4v) is 4.74. The predicted octanol–water partition coefficient (Wildman–Crippen LogP) is 5.66. The van der Waals surface area contributed by atoms with Crippen LogP contribution in [0.2, 0.25) is 0 Å². The highest BCUT2D eigenvalue weighted by Crippen LogP contribution is 2.38. The van der Waals surface area contributed by atoms with Crippen LogP contribution in [0.5, 0.6) is 0 Å². The Morgan fingerprint density at radius 2 is 1.26 bits per heavy atom. The van der Waals surface area contributed by atoms with E-state index in [1.165, 1.54) is 37.0 Å². The Morgan fingerprint density at radius 1 is 0.800 bits per heavy atom. The summed E-state index contributed by atoms with van der Waals surface area (Å²) in [6.07, 6.45) is 10.2. The maximum absolute atomic E-state index is 12.9. The number of ether oxygens (including phenoxy) is 2. The van der Waals surface area contributed by atoms with Gasteiger partial charge in [0.05, 0.1) is 6.42 Å². The van der Waals surface area contributed by atoms with Crippen LogP contribution in [0.15, 0.2) is 0 Å². The van der Waals surface area contributed by atoms with Crippen molar-refractivity contribution in [2.24, 2.45) is 11.7 Å². The molecule has 2 fully saturated rings. The molecule has 1 atom stereocenters. The molecular formula is C27H50N2O6. The second-order valence-electron chi connectivity index (χ2n) is 12.2. The molecule has 0 saturated heterocycles. The molecular weight excluding hydrogens is 448 g/mol. The Balaban J connectivity index is 0.000000744. The van der Waals surface area contributed by atoms with Crippen molar-refractivity contribution in [3.05, 3.63) is 0 Å². The van der Waals surface area contributed by atoms with Gasteiger partial charge in [0.1, 0.15) is 16.7 Å². The number of esters is 1. The zero-order valence-corrected chi connectivity index (χ0v) is 23.2. The quantitative estimate of drug-likeness (QED) is 0.454. The number of amides is 1. The first kappa shape index (κ1) is 31.2. The van der Waals surface area contributed by atoms with E-state index in [1.807, 2.05) is 0 Å². The summed E-state index contributed by atoms with van der Waals surface area (Å²) in [6.45, 7) is 12.0. The van der Waals surface area contributed by atoms with E-state index in [4.69, 9.17) is 15.2 Å². The first-order valence-electron chi connectivity index (χ1n) is 13.3. The Kier molecular flexibility index (Phi) is 12.0. The highest BCUT2D eigenvalue weighted by Gasteiger charge is 2.50. The summed E-state index contributed by atoms with van der Waals surface area (Å²) < 4.78 is 10.8. The number of nitrogens with zero attached hydrogens (tertiary/aromatic N) is 1. The van der Waals surface area contributed by atoms with E-state index in [1.54, 1.807) is 48.5 Å². The zero-order chi connectivity index (χ0) is 26.9. The van der Waals surface area contributed by atoms with Crippen molar-refractivity contribution >= 4 is 18.0 Å². The summed E-state index contributed by atoms with van der Waals surface area (Å²) >= 11 is 0. The van der Waals surface area contributed by atoms with Crippen molar-refractivity contribution in [3.8, 4) is 0 Å². The minimum atomic E-state index is -1.44. The van der Waals surface area contributed by atoms with E-state index < -0.39 is 34.8 Å². The number of rotatable bonds is 6. The largest absolute Gasteiger partial charge is 0.479 e. The minimum absolute atomic E-state index is 0.0663. The minimum Gasteiger partial charge on any atom is -0.479 e. The van der Waals surface area contributed by atoms with Crippen LogP contribution in [0.25, 0.3) is 0 Å². The van der Waals surface area contributed by atoms with Gasteiger partial charge in [-0.2, -0.15) is 0 Å². The molecule has 0 aromatic rings. The molecule has 0 aromatic carbocycles. The second kappa shape index (κ2) is 13.5. The highest BCUT2D eigenvalue weighted by molar-refractivity contribution is 5.85. The van der Waals surface area contributed by atoms with Gasteiger partial charge in [-0.05, 0) is 80.1 Å². The summed E-state index contributed by atoms with van der Waals surface area (Å²) in [5.41, 5.74) is 2.78. The SMILES string of the molecule is CC(C)(C)OC(=O)CCN(C(=O)OC(C)(C)C)[C@@](C)(C(=O)O)C1CCCCC1.NC1CCCCC1. The number of carbonyl (C=O) groups excluding carboxylic acids is 2. The monoisotopic (exact) mass is 498 g/mol. The summed E-state index contributed by atoms with van der Waals surface area (Å²) in [5.74, 6) is -1.74. The molecule has 204 valence electrons. The molecule has 1 amide bonds. The van der Waals surface area contributed by atoms with Crippen molar-refractivity contribution in [2.45, 2.75) is 142 Å². The summed E-state index contributed by atoms with van der Waals surface area (Å²) in [6, 6.07) is 0.536. The summed E-state index contributed by atoms with van der Waals surface area (Å²) in [5, 5.41) is 10.1. The van der Waals surface area contributed by atoms with Gasteiger partial charge < -0.3 is 20.3 Å².